The molecule has 2 aromatic rings. The van der Waals surface area contributed by atoms with Gasteiger partial charge >= 0.3 is 6.18 Å². The average Bonchev–Trinajstić information content (AvgIpc) is 3.60. The third kappa shape index (κ3) is 4.00. The second kappa shape index (κ2) is 6.95. The van der Waals surface area contributed by atoms with Crippen molar-refractivity contribution in [1.29, 1.82) is 0 Å². The summed E-state index contributed by atoms with van der Waals surface area (Å²) in [6.07, 6.45) is -0.163. The summed E-state index contributed by atoms with van der Waals surface area (Å²) in [5.41, 5.74) is 0.287. The van der Waals surface area contributed by atoms with Gasteiger partial charge in [0.1, 0.15) is 17.3 Å². The topological polar surface area (TPSA) is 45.2 Å². The van der Waals surface area contributed by atoms with Gasteiger partial charge in [0.2, 0.25) is 0 Å². The van der Waals surface area contributed by atoms with Crippen LogP contribution in [0.5, 0.6) is 0 Å². The number of hydrogen-bond acceptors (Lipinski definition) is 6. The Labute approximate surface area is 165 Å². The summed E-state index contributed by atoms with van der Waals surface area (Å²) in [7, 11) is 0. The van der Waals surface area contributed by atoms with Crippen molar-refractivity contribution in [2.45, 2.75) is 50.2 Å². The summed E-state index contributed by atoms with van der Waals surface area (Å²) in [5, 5.41) is 3.39. The van der Waals surface area contributed by atoms with E-state index in [1.807, 2.05) is 4.90 Å². The molecule has 3 fully saturated rings. The van der Waals surface area contributed by atoms with Crippen LogP contribution in [0.2, 0.25) is 0 Å². The third-order valence-electron chi connectivity index (χ3n) is 5.54. The number of nitrogens with zero attached hydrogens (tertiary/aromatic N) is 5. The van der Waals surface area contributed by atoms with Crippen LogP contribution >= 0.6 is 11.3 Å². The molecule has 0 radical (unpaired) electrons. The van der Waals surface area contributed by atoms with Gasteiger partial charge in [-0.3, -0.25) is 4.90 Å². The number of thiazole rings is 1. The molecule has 2 saturated carbocycles. The second-order valence-electron chi connectivity index (χ2n) is 7.96. The molecule has 0 bridgehead atoms. The Morgan fingerprint density at radius 3 is 2.32 bits per heavy atom. The van der Waals surface area contributed by atoms with Gasteiger partial charge < -0.3 is 4.90 Å². The largest absolute Gasteiger partial charge is 0.433 e. The number of anilines is 1. The molecule has 150 valence electrons. The van der Waals surface area contributed by atoms with Crippen LogP contribution < -0.4 is 4.90 Å². The van der Waals surface area contributed by atoms with E-state index in [-0.39, 0.29) is 5.92 Å². The van der Waals surface area contributed by atoms with Crippen molar-refractivity contribution < 1.29 is 13.2 Å². The number of alkyl halides is 3. The van der Waals surface area contributed by atoms with E-state index in [1.54, 1.807) is 11.3 Å². The van der Waals surface area contributed by atoms with Crippen molar-refractivity contribution >= 4 is 17.2 Å². The van der Waals surface area contributed by atoms with Crippen LogP contribution in [-0.4, -0.2) is 46.0 Å². The van der Waals surface area contributed by atoms with E-state index < -0.39 is 11.9 Å². The number of halogens is 3. The zero-order chi connectivity index (χ0) is 19.3. The van der Waals surface area contributed by atoms with Crippen molar-refractivity contribution in [3.05, 3.63) is 33.7 Å². The molecule has 0 unspecified atom stereocenters. The van der Waals surface area contributed by atoms with Crippen LogP contribution in [0.25, 0.3) is 0 Å². The molecule has 0 aromatic carbocycles. The highest BCUT2D eigenvalue weighted by Crippen LogP contribution is 2.42. The SMILES string of the molecule is FC(F)(F)c1cc(N2CCN(Cc3csc(C4CC4)n3)CC2)nc(C2CC2)n1. The molecule has 0 N–H and O–H groups in total. The Bertz CT molecular complexity index is 851. The standard InChI is InChI=1S/C19H22F3N5S/c20-19(21,22)15-9-16(25-17(24-15)12-1-2-12)27-7-5-26(6-8-27)10-14-11-28-18(23-14)13-3-4-13/h9,11-13H,1-8,10H2. The zero-order valence-corrected chi connectivity index (χ0v) is 16.3. The Kier molecular flexibility index (Phi) is 4.54. The Morgan fingerprint density at radius 2 is 1.68 bits per heavy atom. The Morgan fingerprint density at radius 1 is 0.964 bits per heavy atom. The number of aromatic nitrogens is 3. The van der Waals surface area contributed by atoms with Crippen molar-refractivity contribution in [1.82, 2.24) is 19.9 Å². The van der Waals surface area contributed by atoms with Gasteiger partial charge in [0.15, 0.2) is 0 Å². The molecule has 0 spiro atoms. The van der Waals surface area contributed by atoms with Gasteiger partial charge in [0.25, 0.3) is 0 Å². The minimum atomic E-state index is -4.44. The van der Waals surface area contributed by atoms with Gasteiger partial charge in [0.05, 0.1) is 10.7 Å². The summed E-state index contributed by atoms with van der Waals surface area (Å²) in [4.78, 5) is 17.2. The van der Waals surface area contributed by atoms with Gasteiger partial charge in [-0.05, 0) is 25.7 Å². The highest BCUT2D eigenvalue weighted by atomic mass is 32.1. The predicted octanol–water partition coefficient (Wildman–Crippen LogP) is 4.03. The highest BCUT2D eigenvalue weighted by molar-refractivity contribution is 7.09. The quantitative estimate of drug-likeness (QED) is 0.746. The van der Waals surface area contributed by atoms with E-state index in [0.717, 1.165) is 44.2 Å². The smallest absolute Gasteiger partial charge is 0.354 e. The third-order valence-corrected chi connectivity index (χ3v) is 6.60. The van der Waals surface area contributed by atoms with Crippen molar-refractivity contribution in [2.75, 3.05) is 31.1 Å². The molecular weight excluding hydrogens is 387 g/mol. The van der Waals surface area contributed by atoms with Gasteiger partial charge in [0, 0.05) is 56.0 Å². The predicted molar refractivity (Wildman–Crippen MR) is 101 cm³/mol. The molecule has 9 heteroatoms. The zero-order valence-electron chi connectivity index (χ0n) is 15.5. The lowest BCUT2D eigenvalue weighted by Gasteiger charge is -2.35. The number of hydrogen-bond donors (Lipinski definition) is 0. The van der Waals surface area contributed by atoms with Gasteiger partial charge in [-0.25, -0.2) is 15.0 Å². The molecule has 28 heavy (non-hydrogen) atoms. The molecule has 2 aliphatic carbocycles. The minimum Gasteiger partial charge on any atom is -0.354 e. The lowest BCUT2D eigenvalue weighted by atomic mass is 10.2. The first kappa shape index (κ1) is 18.3. The van der Waals surface area contributed by atoms with E-state index in [2.05, 4.69) is 20.2 Å². The van der Waals surface area contributed by atoms with Gasteiger partial charge in [-0.2, -0.15) is 13.2 Å². The van der Waals surface area contributed by atoms with E-state index in [9.17, 15) is 13.2 Å². The van der Waals surface area contributed by atoms with Crippen molar-refractivity contribution in [2.24, 2.45) is 0 Å². The molecule has 3 aliphatic rings. The van der Waals surface area contributed by atoms with Crippen molar-refractivity contribution in [3.63, 3.8) is 0 Å². The molecule has 3 heterocycles. The summed E-state index contributed by atoms with van der Waals surface area (Å²) in [6, 6.07) is 1.10. The molecular formula is C19H22F3N5S. The van der Waals surface area contributed by atoms with E-state index >= 15 is 0 Å². The van der Waals surface area contributed by atoms with Crippen LogP contribution in [0.1, 0.15) is 59.7 Å². The fourth-order valence-corrected chi connectivity index (χ4v) is 4.54. The molecule has 5 nitrogen and oxygen atoms in total. The minimum absolute atomic E-state index is 0.0904. The summed E-state index contributed by atoms with van der Waals surface area (Å²) < 4.78 is 39.7. The lowest BCUT2D eigenvalue weighted by molar-refractivity contribution is -0.141. The van der Waals surface area contributed by atoms with Gasteiger partial charge in [-0.15, -0.1) is 11.3 Å². The van der Waals surface area contributed by atoms with Crippen LogP contribution in [-0.2, 0) is 12.7 Å². The Balaban J connectivity index is 1.25. The Hall–Kier alpha value is -1.74. The number of piperazine rings is 1. The molecule has 1 aliphatic heterocycles. The molecule has 2 aromatic heterocycles. The van der Waals surface area contributed by atoms with E-state index in [0.29, 0.717) is 30.6 Å². The van der Waals surface area contributed by atoms with Crippen molar-refractivity contribution in [3.8, 4) is 0 Å². The van der Waals surface area contributed by atoms with E-state index in [1.165, 1.54) is 17.8 Å². The maximum Gasteiger partial charge on any atom is 0.433 e. The van der Waals surface area contributed by atoms with Crippen LogP contribution in [0.15, 0.2) is 11.4 Å². The normalized spacial score (nSPS) is 21.3. The lowest BCUT2D eigenvalue weighted by Crippen LogP contribution is -2.46. The first-order valence-corrected chi connectivity index (χ1v) is 10.7. The summed E-state index contributed by atoms with van der Waals surface area (Å²) >= 11 is 1.75. The first-order valence-electron chi connectivity index (χ1n) is 9.83. The van der Waals surface area contributed by atoms with Crippen LogP contribution in [0.3, 0.4) is 0 Å². The summed E-state index contributed by atoms with van der Waals surface area (Å²) in [6.45, 7) is 3.72. The molecule has 0 amide bonds. The maximum absolute atomic E-state index is 13.2. The second-order valence-corrected chi connectivity index (χ2v) is 8.85. The number of rotatable bonds is 5. The molecule has 0 atom stereocenters. The maximum atomic E-state index is 13.2. The fraction of sp³-hybridized carbons (Fsp3) is 0.632. The fourth-order valence-electron chi connectivity index (χ4n) is 3.56. The molecule has 1 saturated heterocycles. The van der Waals surface area contributed by atoms with Gasteiger partial charge in [-0.1, -0.05) is 0 Å². The molecule has 5 rings (SSSR count). The summed E-state index contributed by atoms with van der Waals surface area (Å²) in [5.74, 6) is 1.53. The van der Waals surface area contributed by atoms with E-state index in [4.69, 9.17) is 4.98 Å². The highest BCUT2D eigenvalue weighted by Gasteiger charge is 2.37. The monoisotopic (exact) mass is 409 g/mol. The van der Waals surface area contributed by atoms with Crippen LogP contribution in [0.4, 0.5) is 19.0 Å². The first-order chi connectivity index (χ1) is 13.5. The van der Waals surface area contributed by atoms with Crippen LogP contribution in [0, 0.1) is 0 Å². The average molecular weight is 409 g/mol.